The van der Waals surface area contributed by atoms with Gasteiger partial charge in [0.15, 0.2) is 10.6 Å². The average molecular weight is 286 g/mol. The van der Waals surface area contributed by atoms with Crippen molar-refractivity contribution in [3.05, 3.63) is 34.7 Å². The fourth-order valence-corrected chi connectivity index (χ4v) is 2.42. The van der Waals surface area contributed by atoms with Crippen molar-refractivity contribution in [1.82, 2.24) is 19.7 Å². The number of pyridine rings is 1. The predicted octanol–water partition coefficient (Wildman–Crippen LogP) is 3.01. The summed E-state index contributed by atoms with van der Waals surface area (Å²) in [5.74, 6) is 1.54. The summed E-state index contributed by atoms with van der Waals surface area (Å²) in [6.45, 7) is 1.96. The summed E-state index contributed by atoms with van der Waals surface area (Å²) in [7, 11) is 3.54. The predicted molar refractivity (Wildman–Crippen MR) is 80.4 cm³/mol. The number of hydrogen-bond acceptors (Lipinski definition) is 4. The van der Waals surface area contributed by atoms with E-state index in [1.807, 2.05) is 42.8 Å². The first-order valence-electron chi connectivity index (χ1n) is 6.18. The van der Waals surface area contributed by atoms with Crippen molar-refractivity contribution in [2.75, 3.05) is 7.11 Å². The average Bonchev–Trinajstić information content (AvgIpc) is 2.77. The molecule has 0 unspecified atom stereocenters. The fraction of sp³-hybridized carbons (Fsp3) is 0.214. The lowest BCUT2D eigenvalue weighted by Gasteiger charge is -2.10. The summed E-state index contributed by atoms with van der Waals surface area (Å²) in [6, 6.07) is 7.87. The number of aromatic nitrogens is 4. The molecule has 0 spiro atoms. The lowest BCUT2D eigenvalue weighted by atomic mass is 10.1. The Bertz CT molecular complexity index is 850. The maximum atomic E-state index is 5.39. The van der Waals surface area contributed by atoms with Crippen LogP contribution in [0.25, 0.3) is 22.3 Å². The van der Waals surface area contributed by atoms with Crippen LogP contribution in [-0.4, -0.2) is 26.9 Å². The minimum Gasteiger partial charge on any atom is -0.494 e. The van der Waals surface area contributed by atoms with Crippen molar-refractivity contribution >= 4 is 23.1 Å². The van der Waals surface area contributed by atoms with E-state index in [9.17, 15) is 0 Å². The standard InChI is InChI=1S/C14H14N4OS/c1-8-7-10(13-16-17-14(20)18(13)2)9-5-4-6-11(19-3)12(9)15-8/h4-7H,1-3H3,(H,17,20). The minimum atomic E-state index is 0.588. The van der Waals surface area contributed by atoms with E-state index < -0.39 is 0 Å². The monoisotopic (exact) mass is 286 g/mol. The molecule has 0 aliphatic heterocycles. The molecule has 0 aliphatic carbocycles. The fourth-order valence-electron chi connectivity index (χ4n) is 2.29. The number of aromatic amines is 1. The van der Waals surface area contributed by atoms with Crippen LogP contribution in [0.15, 0.2) is 24.3 Å². The molecule has 2 aromatic heterocycles. The third-order valence-corrected chi connectivity index (χ3v) is 3.64. The lowest BCUT2D eigenvalue weighted by Crippen LogP contribution is -1.97. The van der Waals surface area contributed by atoms with Gasteiger partial charge in [0, 0.05) is 23.7 Å². The van der Waals surface area contributed by atoms with E-state index in [0.717, 1.165) is 33.7 Å². The number of nitrogens with one attached hydrogen (secondary N) is 1. The third kappa shape index (κ3) is 1.89. The molecule has 0 saturated heterocycles. The van der Waals surface area contributed by atoms with E-state index >= 15 is 0 Å². The minimum absolute atomic E-state index is 0.588. The van der Waals surface area contributed by atoms with Crippen LogP contribution in [-0.2, 0) is 7.05 Å². The number of methoxy groups -OCH3 is 1. The Labute approximate surface area is 121 Å². The van der Waals surface area contributed by atoms with Crippen LogP contribution in [0.2, 0.25) is 0 Å². The van der Waals surface area contributed by atoms with E-state index in [1.54, 1.807) is 7.11 Å². The molecule has 0 saturated carbocycles. The first-order valence-corrected chi connectivity index (χ1v) is 6.58. The molecule has 1 N–H and O–H groups in total. The van der Waals surface area contributed by atoms with E-state index in [4.69, 9.17) is 17.0 Å². The molecule has 0 fully saturated rings. The van der Waals surface area contributed by atoms with Gasteiger partial charge in [0.2, 0.25) is 0 Å². The van der Waals surface area contributed by atoms with Gasteiger partial charge in [-0.2, -0.15) is 5.10 Å². The van der Waals surface area contributed by atoms with Gasteiger partial charge in [0.25, 0.3) is 0 Å². The Morgan fingerprint density at radius 3 is 2.80 bits per heavy atom. The molecule has 0 amide bonds. The molecular formula is C14H14N4OS. The second-order valence-electron chi connectivity index (χ2n) is 4.58. The van der Waals surface area contributed by atoms with Crippen LogP contribution in [0.4, 0.5) is 0 Å². The van der Waals surface area contributed by atoms with Gasteiger partial charge in [-0.1, -0.05) is 12.1 Å². The highest BCUT2D eigenvalue weighted by molar-refractivity contribution is 7.71. The number of para-hydroxylation sites is 1. The molecule has 3 rings (SSSR count). The van der Waals surface area contributed by atoms with E-state index in [2.05, 4.69) is 15.2 Å². The topological polar surface area (TPSA) is 55.7 Å². The van der Waals surface area contributed by atoms with Crippen molar-refractivity contribution in [2.24, 2.45) is 7.05 Å². The molecule has 0 aliphatic rings. The number of hydrogen-bond donors (Lipinski definition) is 1. The van der Waals surface area contributed by atoms with E-state index in [0.29, 0.717) is 4.77 Å². The Kier molecular flexibility index (Phi) is 3.02. The highest BCUT2D eigenvalue weighted by Crippen LogP contribution is 2.31. The van der Waals surface area contributed by atoms with Crippen LogP contribution in [0, 0.1) is 11.7 Å². The zero-order valence-electron chi connectivity index (χ0n) is 11.5. The molecule has 2 heterocycles. The second-order valence-corrected chi connectivity index (χ2v) is 4.97. The highest BCUT2D eigenvalue weighted by Gasteiger charge is 2.13. The van der Waals surface area contributed by atoms with E-state index in [-0.39, 0.29) is 0 Å². The number of aryl methyl sites for hydroxylation is 1. The van der Waals surface area contributed by atoms with Crippen LogP contribution < -0.4 is 4.74 Å². The molecule has 3 aromatic rings. The molecule has 0 radical (unpaired) electrons. The van der Waals surface area contributed by atoms with E-state index in [1.165, 1.54) is 0 Å². The summed E-state index contributed by atoms with van der Waals surface area (Å²) < 4.78 is 7.83. The molecule has 20 heavy (non-hydrogen) atoms. The first kappa shape index (κ1) is 12.8. The maximum absolute atomic E-state index is 5.39. The number of ether oxygens (including phenoxy) is 1. The molecule has 6 heteroatoms. The summed E-state index contributed by atoms with van der Waals surface area (Å²) in [5.41, 5.74) is 2.73. The van der Waals surface area contributed by atoms with Crippen LogP contribution in [0.1, 0.15) is 5.69 Å². The Balaban J connectivity index is 2.42. The quantitative estimate of drug-likeness (QED) is 0.736. The maximum Gasteiger partial charge on any atom is 0.195 e. The normalized spacial score (nSPS) is 10.9. The first-order chi connectivity index (χ1) is 9.61. The molecular weight excluding hydrogens is 272 g/mol. The zero-order valence-corrected chi connectivity index (χ0v) is 12.3. The molecule has 0 atom stereocenters. The van der Waals surface area contributed by atoms with Gasteiger partial charge in [0.1, 0.15) is 11.3 Å². The SMILES string of the molecule is COc1cccc2c(-c3n[nH]c(=S)n3C)cc(C)nc12. The van der Waals surface area contributed by atoms with Gasteiger partial charge in [-0.05, 0) is 31.3 Å². The third-order valence-electron chi connectivity index (χ3n) is 3.27. The summed E-state index contributed by atoms with van der Waals surface area (Å²) in [4.78, 5) is 4.57. The Hall–Kier alpha value is -2.21. The van der Waals surface area contributed by atoms with Crippen LogP contribution >= 0.6 is 12.2 Å². The van der Waals surface area contributed by atoms with Gasteiger partial charge < -0.3 is 9.30 Å². The van der Waals surface area contributed by atoms with Crippen molar-refractivity contribution in [1.29, 1.82) is 0 Å². The number of benzene rings is 1. The lowest BCUT2D eigenvalue weighted by molar-refractivity contribution is 0.419. The molecule has 5 nitrogen and oxygen atoms in total. The summed E-state index contributed by atoms with van der Waals surface area (Å²) >= 11 is 5.18. The highest BCUT2D eigenvalue weighted by atomic mass is 32.1. The number of rotatable bonds is 2. The van der Waals surface area contributed by atoms with Crippen molar-refractivity contribution in [3.63, 3.8) is 0 Å². The summed E-state index contributed by atoms with van der Waals surface area (Å²) in [6.07, 6.45) is 0. The van der Waals surface area contributed by atoms with Crippen molar-refractivity contribution < 1.29 is 4.74 Å². The largest absolute Gasteiger partial charge is 0.494 e. The molecule has 0 bridgehead atoms. The van der Waals surface area contributed by atoms with Crippen LogP contribution in [0.3, 0.4) is 0 Å². The molecule has 102 valence electrons. The van der Waals surface area contributed by atoms with Gasteiger partial charge in [-0.15, -0.1) is 0 Å². The number of H-pyrrole nitrogens is 1. The number of fused-ring (bicyclic) bond motifs is 1. The van der Waals surface area contributed by atoms with Crippen molar-refractivity contribution in [2.45, 2.75) is 6.92 Å². The molecule has 1 aromatic carbocycles. The second kappa shape index (κ2) is 4.72. The zero-order chi connectivity index (χ0) is 14.3. The van der Waals surface area contributed by atoms with Gasteiger partial charge in [-0.25, -0.2) is 4.98 Å². The number of nitrogens with zero attached hydrogens (tertiary/aromatic N) is 3. The smallest absolute Gasteiger partial charge is 0.195 e. The Morgan fingerprint density at radius 2 is 2.15 bits per heavy atom. The summed E-state index contributed by atoms with van der Waals surface area (Å²) in [5, 5.41) is 8.11. The Morgan fingerprint density at radius 1 is 1.35 bits per heavy atom. The van der Waals surface area contributed by atoms with Gasteiger partial charge >= 0.3 is 0 Å². The van der Waals surface area contributed by atoms with Gasteiger partial charge in [0.05, 0.1) is 7.11 Å². The van der Waals surface area contributed by atoms with Crippen LogP contribution in [0.5, 0.6) is 5.75 Å². The van der Waals surface area contributed by atoms with Gasteiger partial charge in [-0.3, -0.25) is 5.10 Å². The van der Waals surface area contributed by atoms with Crippen molar-refractivity contribution in [3.8, 4) is 17.1 Å².